The van der Waals surface area contributed by atoms with Crippen molar-refractivity contribution in [2.75, 3.05) is 51.1 Å². The highest BCUT2D eigenvalue weighted by atomic mass is 35.5. The SMILES string of the molecule is CN(C)CC=CC(=O)Nc1cc2c(Nc3ccc(F)c(Cl)c3)ncnc2cc1OCC1[C@H]2COC[C@@H]12. The van der Waals surface area contributed by atoms with Crippen molar-refractivity contribution in [1.29, 1.82) is 0 Å². The van der Waals surface area contributed by atoms with Crippen molar-refractivity contribution >= 4 is 45.6 Å². The first-order valence-corrected chi connectivity index (χ1v) is 12.1. The number of benzene rings is 2. The van der Waals surface area contributed by atoms with E-state index in [1.165, 1.54) is 24.5 Å². The smallest absolute Gasteiger partial charge is 0.248 e. The van der Waals surface area contributed by atoms with Gasteiger partial charge >= 0.3 is 0 Å². The average Bonchev–Trinajstić information content (AvgIpc) is 3.26. The lowest BCUT2D eigenvalue weighted by molar-refractivity contribution is -0.111. The Morgan fingerprint density at radius 3 is 2.81 bits per heavy atom. The summed E-state index contributed by atoms with van der Waals surface area (Å²) >= 11 is 5.93. The van der Waals surface area contributed by atoms with Crippen molar-refractivity contribution in [2.24, 2.45) is 17.8 Å². The molecule has 0 bridgehead atoms. The largest absolute Gasteiger partial charge is 0.491 e. The molecule has 0 radical (unpaired) electrons. The molecule has 2 N–H and O–H groups in total. The lowest BCUT2D eigenvalue weighted by Crippen LogP contribution is -2.14. The Morgan fingerprint density at radius 1 is 1.25 bits per heavy atom. The molecule has 10 heteroatoms. The zero-order valence-corrected chi connectivity index (χ0v) is 20.8. The maximum atomic E-state index is 13.6. The van der Waals surface area contributed by atoms with Crippen LogP contribution >= 0.6 is 11.6 Å². The minimum atomic E-state index is -0.504. The van der Waals surface area contributed by atoms with Crippen molar-refractivity contribution in [3.8, 4) is 5.75 Å². The molecule has 1 aliphatic carbocycles. The molecule has 5 rings (SSSR count). The number of carbonyl (C=O) groups is 1. The van der Waals surface area contributed by atoms with Gasteiger partial charge in [-0.2, -0.15) is 0 Å². The number of ether oxygens (including phenoxy) is 2. The number of anilines is 3. The van der Waals surface area contributed by atoms with E-state index < -0.39 is 5.82 Å². The number of carbonyl (C=O) groups excluding carboxylic acids is 1. The van der Waals surface area contributed by atoms with Crippen LogP contribution in [0, 0.1) is 23.6 Å². The highest BCUT2D eigenvalue weighted by Crippen LogP contribution is 2.51. The summed E-state index contributed by atoms with van der Waals surface area (Å²) in [6, 6.07) is 7.92. The van der Waals surface area contributed by atoms with Crippen LogP contribution in [0.25, 0.3) is 10.9 Å². The molecular weight excluding hydrogens is 485 g/mol. The Kier molecular flexibility index (Phi) is 7.04. The second kappa shape index (κ2) is 10.4. The van der Waals surface area contributed by atoms with Crippen LogP contribution in [0.5, 0.6) is 5.75 Å². The Hall–Kier alpha value is -3.27. The minimum absolute atomic E-state index is 0.00162. The first-order chi connectivity index (χ1) is 17.4. The molecular formula is C26H27ClFN5O3. The van der Waals surface area contributed by atoms with Crippen LogP contribution in [-0.2, 0) is 9.53 Å². The topological polar surface area (TPSA) is 88.6 Å². The zero-order chi connectivity index (χ0) is 25.2. The van der Waals surface area contributed by atoms with Gasteiger partial charge in [-0.3, -0.25) is 4.79 Å². The van der Waals surface area contributed by atoms with Gasteiger partial charge in [0.05, 0.1) is 36.0 Å². The van der Waals surface area contributed by atoms with Gasteiger partial charge < -0.3 is 25.0 Å². The fourth-order valence-electron chi connectivity index (χ4n) is 4.45. The lowest BCUT2D eigenvalue weighted by Gasteiger charge is -2.16. The fourth-order valence-corrected chi connectivity index (χ4v) is 4.63. The van der Waals surface area contributed by atoms with E-state index >= 15 is 0 Å². The number of fused-ring (bicyclic) bond motifs is 2. The van der Waals surface area contributed by atoms with E-state index in [-0.39, 0.29) is 10.9 Å². The van der Waals surface area contributed by atoms with Crippen molar-refractivity contribution in [2.45, 2.75) is 0 Å². The van der Waals surface area contributed by atoms with Gasteiger partial charge in [-0.1, -0.05) is 17.7 Å². The molecule has 2 fully saturated rings. The summed E-state index contributed by atoms with van der Waals surface area (Å²) in [4.78, 5) is 23.4. The molecule has 3 aromatic rings. The lowest BCUT2D eigenvalue weighted by atomic mass is 10.1. The van der Waals surface area contributed by atoms with Crippen LogP contribution < -0.4 is 15.4 Å². The number of hydrogen-bond donors (Lipinski definition) is 2. The molecule has 1 saturated carbocycles. The maximum Gasteiger partial charge on any atom is 0.248 e. The number of likely N-dealkylation sites (N-methyl/N-ethyl adjacent to an activating group) is 1. The van der Waals surface area contributed by atoms with Crippen molar-refractivity contribution < 1.29 is 18.7 Å². The van der Waals surface area contributed by atoms with E-state index in [4.69, 9.17) is 21.1 Å². The van der Waals surface area contributed by atoms with Crippen molar-refractivity contribution in [3.63, 3.8) is 0 Å². The van der Waals surface area contributed by atoms with Crippen LogP contribution in [0.15, 0.2) is 48.8 Å². The highest BCUT2D eigenvalue weighted by Gasteiger charge is 2.54. The summed E-state index contributed by atoms with van der Waals surface area (Å²) in [6.45, 7) is 2.76. The molecule has 1 aromatic heterocycles. The van der Waals surface area contributed by atoms with E-state index in [9.17, 15) is 9.18 Å². The van der Waals surface area contributed by atoms with Gasteiger partial charge in [0, 0.05) is 35.7 Å². The summed E-state index contributed by atoms with van der Waals surface area (Å²) in [5.41, 5.74) is 1.72. The highest BCUT2D eigenvalue weighted by molar-refractivity contribution is 6.31. The van der Waals surface area contributed by atoms with Crippen LogP contribution in [-0.4, -0.2) is 61.2 Å². The third-order valence-corrected chi connectivity index (χ3v) is 6.77. The number of nitrogens with one attached hydrogen (secondary N) is 2. The number of halogens is 2. The molecule has 36 heavy (non-hydrogen) atoms. The van der Waals surface area contributed by atoms with E-state index in [2.05, 4.69) is 20.6 Å². The molecule has 188 valence electrons. The van der Waals surface area contributed by atoms with Crippen molar-refractivity contribution in [3.05, 3.63) is 59.7 Å². The van der Waals surface area contributed by atoms with E-state index in [1.807, 2.05) is 19.0 Å². The minimum Gasteiger partial charge on any atom is -0.491 e. The summed E-state index contributed by atoms with van der Waals surface area (Å²) in [5, 5.41) is 6.75. The van der Waals surface area contributed by atoms with E-state index in [0.717, 1.165) is 13.2 Å². The first-order valence-electron chi connectivity index (χ1n) is 11.7. The van der Waals surface area contributed by atoms with Crippen LogP contribution in [0.1, 0.15) is 0 Å². The number of rotatable bonds is 9. The monoisotopic (exact) mass is 511 g/mol. The molecule has 2 heterocycles. The van der Waals surface area contributed by atoms with Gasteiger partial charge in [0.25, 0.3) is 0 Å². The summed E-state index contributed by atoms with van der Waals surface area (Å²) in [7, 11) is 3.86. The van der Waals surface area contributed by atoms with Crippen LogP contribution in [0.3, 0.4) is 0 Å². The molecule has 1 unspecified atom stereocenters. The standard InChI is InChI=1S/C26H27ClFN5O3/c1-33(2)7-3-4-25(34)32-23-9-16-22(10-24(23)36-13-19-17-11-35-12-18(17)19)29-14-30-26(16)31-15-5-6-21(28)20(27)8-15/h3-6,8-10,14,17-19H,7,11-13H2,1-2H3,(H,32,34)(H,29,30,31)/t17-,18+,19?. The predicted octanol–water partition coefficient (Wildman–Crippen LogP) is 4.49. The summed E-state index contributed by atoms with van der Waals surface area (Å²) < 4.78 is 25.3. The Balaban J connectivity index is 1.43. The maximum absolute atomic E-state index is 13.6. The fraction of sp³-hybridized carbons (Fsp3) is 0.346. The molecule has 2 aromatic carbocycles. The quantitative estimate of drug-likeness (QED) is 0.409. The molecule has 0 spiro atoms. The number of hydrogen-bond acceptors (Lipinski definition) is 7. The van der Waals surface area contributed by atoms with Gasteiger partial charge in [0.2, 0.25) is 5.91 Å². The second-order valence-electron chi connectivity index (χ2n) is 9.34. The molecule has 1 saturated heterocycles. The van der Waals surface area contributed by atoms with E-state index in [0.29, 0.717) is 64.8 Å². The number of aromatic nitrogens is 2. The van der Waals surface area contributed by atoms with Gasteiger partial charge in [-0.05, 0) is 50.2 Å². The molecule has 1 aliphatic heterocycles. The summed E-state index contributed by atoms with van der Waals surface area (Å²) in [6.07, 6.45) is 4.72. The molecule has 2 aliphatic rings. The molecule has 8 nitrogen and oxygen atoms in total. The van der Waals surface area contributed by atoms with Crippen molar-refractivity contribution in [1.82, 2.24) is 14.9 Å². The van der Waals surface area contributed by atoms with Gasteiger partial charge in [0.1, 0.15) is 23.7 Å². The van der Waals surface area contributed by atoms with E-state index in [1.54, 1.807) is 24.3 Å². The Morgan fingerprint density at radius 2 is 2.06 bits per heavy atom. The summed E-state index contributed by atoms with van der Waals surface area (Å²) in [5.74, 6) is 1.82. The number of nitrogens with zero attached hydrogens (tertiary/aromatic N) is 3. The first kappa shape index (κ1) is 24.4. The van der Waals surface area contributed by atoms with Gasteiger partial charge in [-0.25, -0.2) is 14.4 Å². The Bertz CT molecular complexity index is 1310. The Labute approximate surface area is 213 Å². The third kappa shape index (κ3) is 5.43. The zero-order valence-electron chi connectivity index (χ0n) is 20.0. The third-order valence-electron chi connectivity index (χ3n) is 6.48. The average molecular weight is 512 g/mol. The van der Waals surface area contributed by atoms with Crippen LogP contribution in [0.2, 0.25) is 5.02 Å². The van der Waals surface area contributed by atoms with Crippen LogP contribution in [0.4, 0.5) is 21.6 Å². The normalized spacial score (nSPS) is 20.6. The van der Waals surface area contributed by atoms with Gasteiger partial charge in [0.15, 0.2) is 0 Å². The second-order valence-corrected chi connectivity index (χ2v) is 9.74. The predicted molar refractivity (Wildman–Crippen MR) is 137 cm³/mol. The van der Waals surface area contributed by atoms with Gasteiger partial charge in [-0.15, -0.1) is 0 Å². The molecule has 1 amide bonds. The molecule has 3 atom stereocenters. The number of amides is 1.